The van der Waals surface area contributed by atoms with Gasteiger partial charge in [-0.15, -0.1) is 0 Å². The van der Waals surface area contributed by atoms with Gasteiger partial charge in [-0.2, -0.15) is 30.8 Å². The van der Waals surface area contributed by atoms with Crippen molar-refractivity contribution in [1.82, 2.24) is 30.6 Å². The number of carbonyl (C=O) groups excluding carboxylic acids is 6. The molecule has 0 radical (unpaired) electrons. The van der Waals surface area contributed by atoms with Crippen LogP contribution in [0.2, 0.25) is 0 Å². The van der Waals surface area contributed by atoms with E-state index in [1.165, 1.54) is 0 Å². The van der Waals surface area contributed by atoms with E-state index in [4.69, 9.17) is 4.74 Å². The number of nitrogens with zero attached hydrogens (tertiary/aromatic N) is 4. The lowest BCUT2D eigenvalue weighted by Gasteiger charge is -2.24. The molecule has 0 aliphatic rings. The number of H-pyrrole nitrogens is 1. The maximum atomic E-state index is 13.7. The fourth-order valence-corrected chi connectivity index (χ4v) is 4.47. The number of rotatable bonds is 14. The second kappa shape index (κ2) is 17.4. The van der Waals surface area contributed by atoms with E-state index >= 15 is 0 Å². The summed E-state index contributed by atoms with van der Waals surface area (Å²) in [7, 11) is 2.18. The summed E-state index contributed by atoms with van der Waals surface area (Å²) in [5.41, 5.74) is -2.14. The normalized spacial score (nSPS) is 12.4. The second-order valence-corrected chi connectivity index (χ2v) is 11.3. The number of thiol groups is 1. The third kappa shape index (κ3) is 10.7. The van der Waals surface area contributed by atoms with Gasteiger partial charge < -0.3 is 20.1 Å². The molecule has 51 heavy (non-hydrogen) atoms. The molecular formula is C30H33F3N8O9S. The molecule has 17 nitrogen and oxygen atoms in total. The van der Waals surface area contributed by atoms with Gasteiger partial charge >= 0.3 is 24.0 Å². The first kappa shape index (κ1) is 39.8. The summed E-state index contributed by atoms with van der Waals surface area (Å²) in [4.78, 5) is 101. The summed E-state index contributed by atoms with van der Waals surface area (Å²) in [6, 6.07) is 1.86. The molecule has 4 amide bonds. The highest BCUT2D eigenvalue weighted by atomic mass is 32.1. The van der Waals surface area contributed by atoms with Crippen LogP contribution in [0.25, 0.3) is 11.2 Å². The molecular weight excluding hydrogens is 705 g/mol. The van der Waals surface area contributed by atoms with Crippen LogP contribution >= 0.6 is 12.6 Å². The Morgan fingerprint density at radius 3 is 2.16 bits per heavy atom. The third-order valence-corrected chi connectivity index (χ3v) is 7.30. The Bertz CT molecular complexity index is 1850. The molecule has 0 bridgehead atoms. The van der Waals surface area contributed by atoms with Crippen molar-refractivity contribution in [2.45, 2.75) is 51.5 Å². The number of aromatic nitrogens is 4. The maximum Gasteiger partial charge on any atom is 0.471 e. The van der Waals surface area contributed by atoms with Gasteiger partial charge in [0.05, 0.1) is 32.7 Å². The van der Waals surface area contributed by atoms with Crippen molar-refractivity contribution < 1.29 is 51.4 Å². The maximum absolute atomic E-state index is 13.7. The zero-order chi connectivity index (χ0) is 38.0. The van der Waals surface area contributed by atoms with Crippen LogP contribution in [0.4, 0.5) is 24.8 Å². The van der Waals surface area contributed by atoms with Crippen molar-refractivity contribution >= 4 is 71.0 Å². The molecule has 2 heterocycles. The molecule has 21 heteroatoms. The van der Waals surface area contributed by atoms with E-state index in [0.717, 1.165) is 44.7 Å². The highest BCUT2D eigenvalue weighted by Crippen LogP contribution is 2.26. The van der Waals surface area contributed by atoms with E-state index in [1.807, 2.05) is 0 Å². The number of nitrogens with one attached hydrogen (secondary N) is 4. The first-order valence-corrected chi connectivity index (χ1v) is 15.5. The highest BCUT2D eigenvalue weighted by Gasteiger charge is 2.43. The van der Waals surface area contributed by atoms with Gasteiger partial charge in [0.2, 0.25) is 17.8 Å². The van der Waals surface area contributed by atoms with Crippen LogP contribution in [0.3, 0.4) is 0 Å². The Hall–Kier alpha value is -5.60. The summed E-state index contributed by atoms with van der Waals surface area (Å²) < 4.78 is 50.2. The Balaban J connectivity index is 1.81. The van der Waals surface area contributed by atoms with E-state index in [-0.39, 0.29) is 52.7 Å². The number of anilines is 2. The molecule has 2 atom stereocenters. The van der Waals surface area contributed by atoms with E-state index < -0.39 is 71.8 Å². The molecule has 3 rings (SSSR count). The monoisotopic (exact) mass is 738 g/mol. The molecule has 0 unspecified atom stereocenters. The van der Waals surface area contributed by atoms with Gasteiger partial charge in [0.15, 0.2) is 11.2 Å². The van der Waals surface area contributed by atoms with Crippen molar-refractivity contribution in [3.63, 3.8) is 0 Å². The van der Waals surface area contributed by atoms with Crippen LogP contribution in [0.1, 0.15) is 42.7 Å². The highest BCUT2D eigenvalue weighted by molar-refractivity contribution is 7.80. The zero-order valence-electron chi connectivity index (χ0n) is 27.5. The molecule has 2 aromatic heterocycles. The number of fused-ring (bicyclic) bond motifs is 1. The molecule has 0 saturated carbocycles. The topological polar surface area (TPSA) is 232 Å². The number of alkyl halides is 3. The molecule has 3 aromatic rings. The van der Waals surface area contributed by atoms with Crippen molar-refractivity contribution in [3.05, 3.63) is 52.1 Å². The third-order valence-electron chi connectivity index (χ3n) is 6.94. The number of carbonyl (C=O) groups is 6. The van der Waals surface area contributed by atoms with Gasteiger partial charge in [-0.1, -0.05) is 13.8 Å². The summed E-state index contributed by atoms with van der Waals surface area (Å²) in [5, 5.41) is 7.15. The van der Waals surface area contributed by atoms with Gasteiger partial charge in [0.25, 0.3) is 11.5 Å². The van der Waals surface area contributed by atoms with Crippen LogP contribution in [-0.4, -0.2) is 93.7 Å². The Labute approximate surface area is 292 Å². The molecule has 4 N–H and O–H groups in total. The number of methoxy groups -OCH3 is 2. The minimum atomic E-state index is -5.34. The molecule has 274 valence electrons. The number of esters is 2. The van der Waals surface area contributed by atoms with Crippen LogP contribution < -0.4 is 26.4 Å². The summed E-state index contributed by atoms with van der Waals surface area (Å²) in [6.07, 6.45) is -4.92. The van der Waals surface area contributed by atoms with Gasteiger partial charge in [0.1, 0.15) is 12.1 Å². The Morgan fingerprint density at radius 2 is 1.59 bits per heavy atom. The molecule has 0 aliphatic carbocycles. The summed E-state index contributed by atoms with van der Waals surface area (Å²) in [6.45, 7) is 2.41. The van der Waals surface area contributed by atoms with E-state index in [0.29, 0.717) is 4.90 Å². The van der Waals surface area contributed by atoms with Crippen LogP contribution in [-0.2, 0) is 40.0 Å². The smallest absolute Gasteiger partial charge is 0.467 e. The van der Waals surface area contributed by atoms with Crippen LogP contribution in [0.5, 0.6) is 0 Å². The predicted octanol–water partition coefficient (Wildman–Crippen LogP) is 1.04. The van der Waals surface area contributed by atoms with E-state index in [1.54, 1.807) is 13.8 Å². The largest absolute Gasteiger partial charge is 0.471 e. The average molecular weight is 739 g/mol. The van der Waals surface area contributed by atoms with Gasteiger partial charge in [-0.25, -0.2) is 19.6 Å². The van der Waals surface area contributed by atoms with Gasteiger partial charge in [0, 0.05) is 29.3 Å². The summed E-state index contributed by atoms with van der Waals surface area (Å²) in [5.74, 6) is -6.63. The lowest BCUT2D eigenvalue weighted by molar-refractivity contribution is -0.170. The lowest BCUT2D eigenvalue weighted by Crippen LogP contribution is -2.45. The standard InChI is InChI=1S/C30H33F3N8O9S/c1-14(2)23(43)39-29-38-22-21(25(45)40-29)35-16(11-34-22)12-41(28(48)30(31,32)33)17-7-5-15(6-8-17)24(44)37-18(26(46)49-3)9-10-20(42)36-19(13-51)27(47)50-4/h5-8,11,14,18-19,51H,9-10,12-13H2,1-4H3,(H,36,42)(H,37,44)(H2,34,38,39,40,43,45)/t18-,19-/m1/s1. The van der Waals surface area contributed by atoms with E-state index in [9.17, 15) is 46.7 Å². The minimum absolute atomic E-state index is 0.0636. The van der Waals surface area contributed by atoms with Gasteiger partial charge in [-0.05, 0) is 30.7 Å². The first-order valence-electron chi connectivity index (χ1n) is 14.9. The van der Waals surface area contributed by atoms with Crippen LogP contribution in [0, 0.1) is 5.92 Å². The van der Waals surface area contributed by atoms with Crippen LogP contribution in [0.15, 0.2) is 35.3 Å². The lowest BCUT2D eigenvalue weighted by atomic mass is 10.1. The minimum Gasteiger partial charge on any atom is -0.467 e. The van der Waals surface area contributed by atoms with Crippen molar-refractivity contribution in [1.29, 1.82) is 0 Å². The molecule has 0 aliphatic heterocycles. The number of halogens is 3. The number of amides is 4. The van der Waals surface area contributed by atoms with E-state index in [2.05, 4.69) is 53.3 Å². The summed E-state index contributed by atoms with van der Waals surface area (Å²) >= 11 is 3.97. The second-order valence-electron chi connectivity index (χ2n) is 10.9. The number of benzene rings is 1. The molecule has 0 saturated heterocycles. The predicted molar refractivity (Wildman–Crippen MR) is 175 cm³/mol. The number of ether oxygens (including phenoxy) is 2. The first-order chi connectivity index (χ1) is 24.0. The van der Waals surface area contributed by atoms with Crippen molar-refractivity contribution in [3.8, 4) is 0 Å². The van der Waals surface area contributed by atoms with Crippen molar-refractivity contribution in [2.24, 2.45) is 5.92 Å². The molecule has 1 aromatic carbocycles. The molecule has 0 fully saturated rings. The Morgan fingerprint density at radius 1 is 0.961 bits per heavy atom. The van der Waals surface area contributed by atoms with Crippen molar-refractivity contribution in [2.75, 3.05) is 30.2 Å². The Kier molecular flexibility index (Phi) is 13.6. The number of hydrogen-bond acceptors (Lipinski definition) is 13. The zero-order valence-corrected chi connectivity index (χ0v) is 28.4. The fraction of sp³-hybridized carbons (Fsp3) is 0.400. The number of hydrogen-bond donors (Lipinski definition) is 5. The molecule has 0 spiro atoms. The van der Waals surface area contributed by atoms with Gasteiger partial charge in [-0.3, -0.25) is 39.2 Å². The average Bonchev–Trinajstić information content (AvgIpc) is 3.09. The SMILES string of the molecule is COC(=O)[C@@H](CS)NC(=O)CC[C@@H](NC(=O)c1ccc(N(Cc2cnc3nc(NC(=O)C(C)C)[nH]c(=O)c3n2)C(=O)C(F)(F)F)cc1)C(=O)OC. The fourth-order valence-electron chi connectivity index (χ4n) is 4.23. The number of aromatic amines is 1. The quantitative estimate of drug-likeness (QED) is 0.115.